The molecule has 0 aliphatic carbocycles. The number of ether oxygens (including phenoxy) is 2. The highest BCUT2D eigenvalue weighted by molar-refractivity contribution is 5.21. The smallest absolute Gasteiger partial charge is 0.279 e. The molecule has 19 heavy (non-hydrogen) atoms. The Labute approximate surface area is 109 Å². The van der Waals surface area contributed by atoms with Gasteiger partial charge in [0.25, 0.3) is 5.56 Å². The van der Waals surface area contributed by atoms with Gasteiger partial charge in [-0.25, -0.2) is 0 Å². The van der Waals surface area contributed by atoms with E-state index in [1.54, 1.807) is 0 Å². The summed E-state index contributed by atoms with van der Waals surface area (Å²) in [4.78, 5) is 15.3. The average molecular weight is 271 g/mol. The summed E-state index contributed by atoms with van der Waals surface area (Å²) in [6, 6.07) is 0. The van der Waals surface area contributed by atoms with Gasteiger partial charge in [-0.15, -0.1) is 0 Å². The van der Waals surface area contributed by atoms with E-state index >= 15 is 0 Å². The Kier molecular flexibility index (Phi) is 4.15. The van der Waals surface area contributed by atoms with Gasteiger partial charge in [-0.05, 0) is 0 Å². The molecule has 0 aromatic carbocycles. The van der Waals surface area contributed by atoms with Crippen LogP contribution in [0.1, 0.15) is 18.2 Å². The molecule has 1 aliphatic rings. The first kappa shape index (κ1) is 13.9. The van der Waals surface area contributed by atoms with Crippen LogP contribution in [0.4, 0.5) is 5.95 Å². The minimum absolute atomic E-state index is 0.000595. The van der Waals surface area contributed by atoms with Crippen molar-refractivity contribution in [2.24, 2.45) is 0 Å². The number of nitrogen functional groups attached to an aromatic ring is 1. The fourth-order valence-corrected chi connectivity index (χ4v) is 2.06. The molecule has 2 rings (SSSR count). The first-order valence-corrected chi connectivity index (χ1v) is 5.87. The quantitative estimate of drug-likeness (QED) is 0.616. The molecule has 0 bridgehead atoms. The van der Waals surface area contributed by atoms with Crippen molar-refractivity contribution < 1.29 is 19.7 Å². The molecule has 0 spiro atoms. The third-order valence-electron chi connectivity index (χ3n) is 3.04. The summed E-state index contributed by atoms with van der Waals surface area (Å²) in [5, 5.41) is 18.7. The molecule has 1 aliphatic heterocycles. The van der Waals surface area contributed by atoms with Crippen molar-refractivity contribution in [1.82, 2.24) is 9.55 Å². The zero-order chi connectivity index (χ0) is 14.0. The van der Waals surface area contributed by atoms with Crippen LogP contribution in [0.15, 0.2) is 11.0 Å². The van der Waals surface area contributed by atoms with Gasteiger partial charge in [0.1, 0.15) is 12.3 Å². The third kappa shape index (κ3) is 2.76. The Balaban J connectivity index is 2.30. The van der Waals surface area contributed by atoms with Gasteiger partial charge in [-0.2, -0.15) is 4.98 Å². The lowest BCUT2D eigenvalue weighted by Gasteiger charge is -2.18. The number of rotatable bonds is 4. The second-order valence-electron chi connectivity index (χ2n) is 4.38. The van der Waals surface area contributed by atoms with Crippen molar-refractivity contribution in [2.45, 2.75) is 31.5 Å². The Morgan fingerprint density at radius 2 is 2.42 bits per heavy atom. The molecule has 0 saturated carbocycles. The maximum atomic E-state index is 11.6. The van der Waals surface area contributed by atoms with E-state index in [-0.39, 0.29) is 25.6 Å². The zero-order valence-corrected chi connectivity index (χ0v) is 10.5. The van der Waals surface area contributed by atoms with Gasteiger partial charge in [0.2, 0.25) is 5.95 Å². The minimum atomic E-state index is -0.778. The number of anilines is 1. The van der Waals surface area contributed by atoms with Crippen molar-refractivity contribution in [1.29, 1.82) is 0 Å². The first-order chi connectivity index (χ1) is 9.06. The molecule has 0 amide bonds. The fourth-order valence-electron chi connectivity index (χ4n) is 2.06. The monoisotopic (exact) mass is 271 g/mol. The molecule has 4 N–H and O–H groups in total. The second kappa shape index (κ2) is 5.66. The zero-order valence-electron chi connectivity index (χ0n) is 10.5. The standard InChI is InChI=1S/C11H17N3O5/c1-18-5-6-3-14(11(12)13-10(6)17)9-2-7(16)8(4-15)19-9/h3,7-9,15-16H,2,4-5H2,1H3,(H2,12,13,17)/t7-,8+,9+/m0/s1. The van der Waals surface area contributed by atoms with E-state index in [9.17, 15) is 9.90 Å². The molecule has 1 fully saturated rings. The second-order valence-corrected chi connectivity index (χ2v) is 4.38. The SMILES string of the molecule is COCc1cn([C@H]2C[C@H](O)[C@@H](CO)O2)c(N)nc1=O. The number of aliphatic hydroxyl groups is 2. The van der Waals surface area contributed by atoms with E-state index in [4.69, 9.17) is 20.3 Å². The van der Waals surface area contributed by atoms with Crippen molar-refractivity contribution in [3.63, 3.8) is 0 Å². The van der Waals surface area contributed by atoms with E-state index in [0.717, 1.165) is 0 Å². The number of nitrogens with zero attached hydrogens (tertiary/aromatic N) is 2. The fraction of sp³-hybridized carbons (Fsp3) is 0.636. The number of methoxy groups -OCH3 is 1. The van der Waals surface area contributed by atoms with Crippen molar-refractivity contribution in [3.8, 4) is 0 Å². The molecule has 1 saturated heterocycles. The molecule has 106 valence electrons. The Morgan fingerprint density at radius 1 is 1.68 bits per heavy atom. The topological polar surface area (TPSA) is 120 Å². The maximum absolute atomic E-state index is 11.6. The van der Waals surface area contributed by atoms with Gasteiger partial charge in [0, 0.05) is 19.7 Å². The number of nitrogens with two attached hydrogens (primary N) is 1. The summed E-state index contributed by atoms with van der Waals surface area (Å²) < 4.78 is 11.8. The molecule has 1 aromatic heterocycles. The molecule has 2 heterocycles. The summed E-state index contributed by atoms with van der Waals surface area (Å²) in [5.74, 6) is 0.000595. The van der Waals surface area contributed by atoms with Gasteiger partial charge in [0.15, 0.2) is 0 Å². The Morgan fingerprint density at radius 3 is 3.00 bits per heavy atom. The lowest BCUT2D eigenvalue weighted by atomic mass is 10.2. The van der Waals surface area contributed by atoms with Crippen molar-refractivity contribution >= 4 is 5.95 Å². The van der Waals surface area contributed by atoms with Gasteiger partial charge in [0.05, 0.1) is 24.9 Å². The summed E-state index contributed by atoms with van der Waals surface area (Å²) in [6.07, 6.45) is -0.220. The highest BCUT2D eigenvalue weighted by Gasteiger charge is 2.35. The molecule has 3 atom stereocenters. The number of hydrogen-bond donors (Lipinski definition) is 3. The van der Waals surface area contributed by atoms with Crippen LogP contribution in [-0.4, -0.2) is 45.7 Å². The van der Waals surface area contributed by atoms with Crippen LogP contribution in [0.2, 0.25) is 0 Å². The van der Waals surface area contributed by atoms with E-state index in [1.165, 1.54) is 17.9 Å². The van der Waals surface area contributed by atoms with Gasteiger partial charge < -0.3 is 25.4 Å². The highest BCUT2D eigenvalue weighted by Crippen LogP contribution is 2.29. The van der Waals surface area contributed by atoms with Crippen LogP contribution >= 0.6 is 0 Å². The van der Waals surface area contributed by atoms with Crippen LogP contribution in [-0.2, 0) is 16.1 Å². The van der Waals surface area contributed by atoms with Gasteiger partial charge in [-0.1, -0.05) is 0 Å². The van der Waals surface area contributed by atoms with Crippen LogP contribution < -0.4 is 11.3 Å². The maximum Gasteiger partial charge on any atom is 0.279 e. The lowest BCUT2D eigenvalue weighted by molar-refractivity contribution is -0.0441. The van der Waals surface area contributed by atoms with E-state index < -0.39 is 24.0 Å². The molecule has 8 heteroatoms. The summed E-state index contributed by atoms with van der Waals surface area (Å²) in [7, 11) is 1.47. The van der Waals surface area contributed by atoms with Gasteiger partial charge in [-0.3, -0.25) is 9.36 Å². The average Bonchev–Trinajstić information content (AvgIpc) is 2.74. The molecular weight excluding hydrogens is 254 g/mol. The minimum Gasteiger partial charge on any atom is -0.394 e. The first-order valence-electron chi connectivity index (χ1n) is 5.87. The van der Waals surface area contributed by atoms with Crippen molar-refractivity contribution in [2.75, 3.05) is 19.5 Å². The molecule has 0 radical (unpaired) electrons. The molecule has 0 unspecified atom stereocenters. The predicted molar refractivity (Wildman–Crippen MR) is 65.2 cm³/mol. The number of aliphatic hydroxyl groups excluding tert-OH is 2. The summed E-state index contributed by atoms with van der Waals surface area (Å²) >= 11 is 0. The highest BCUT2D eigenvalue weighted by atomic mass is 16.5. The molecular formula is C11H17N3O5. The lowest BCUT2D eigenvalue weighted by Crippen LogP contribution is -2.25. The summed E-state index contributed by atoms with van der Waals surface area (Å²) in [6.45, 7) is -0.166. The van der Waals surface area contributed by atoms with E-state index in [0.29, 0.717) is 5.56 Å². The predicted octanol–water partition coefficient (Wildman–Crippen LogP) is -1.39. The van der Waals surface area contributed by atoms with Crippen LogP contribution in [0.5, 0.6) is 0 Å². The number of aromatic nitrogens is 2. The Bertz CT molecular complexity index is 504. The molecule has 1 aromatic rings. The van der Waals surface area contributed by atoms with Crippen LogP contribution in [0.3, 0.4) is 0 Å². The van der Waals surface area contributed by atoms with Gasteiger partial charge >= 0.3 is 0 Å². The van der Waals surface area contributed by atoms with Crippen LogP contribution in [0.25, 0.3) is 0 Å². The Hall–Kier alpha value is -1.48. The number of hydrogen-bond acceptors (Lipinski definition) is 7. The summed E-state index contributed by atoms with van der Waals surface area (Å²) in [5.41, 5.74) is 5.58. The van der Waals surface area contributed by atoms with E-state index in [2.05, 4.69) is 4.98 Å². The largest absolute Gasteiger partial charge is 0.394 e. The molecule has 8 nitrogen and oxygen atoms in total. The van der Waals surface area contributed by atoms with Crippen molar-refractivity contribution in [3.05, 3.63) is 22.1 Å². The third-order valence-corrected chi connectivity index (χ3v) is 3.04. The van der Waals surface area contributed by atoms with E-state index in [1.807, 2.05) is 0 Å². The normalized spacial score (nSPS) is 26.8. The van der Waals surface area contributed by atoms with Crippen LogP contribution in [0, 0.1) is 0 Å².